The third-order valence-corrected chi connectivity index (χ3v) is 5.27. The largest absolute Gasteiger partial charge is 0.506 e. The van der Waals surface area contributed by atoms with Crippen molar-refractivity contribution in [1.82, 2.24) is 20.4 Å². The van der Waals surface area contributed by atoms with Crippen LogP contribution in [0.15, 0.2) is 46.2 Å². The van der Waals surface area contributed by atoms with E-state index in [0.717, 1.165) is 24.3 Å². The summed E-state index contributed by atoms with van der Waals surface area (Å²) >= 11 is 0. The minimum Gasteiger partial charge on any atom is -0.506 e. The molecule has 0 fully saturated rings. The lowest BCUT2D eigenvalue weighted by atomic mass is 10.2. The summed E-state index contributed by atoms with van der Waals surface area (Å²) < 4.78 is 62.3. The maximum Gasteiger partial charge on any atom is 0.298 e. The Balaban J connectivity index is 1.95. The number of rotatable bonds is 4. The predicted molar refractivity (Wildman–Crippen MR) is 91.5 cm³/mol. The SMILES string of the molecule is O=S(=O)(O)c1ccc(-c2nnc(-c3ccc(S(=O)(=O)O)c(O)c3)nn2)cc1O. The van der Waals surface area contributed by atoms with E-state index < -0.39 is 41.5 Å². The van der Waals surface area contributed by atoms with E-state index in [1.807, 2.05) is 0 Å². The molecule has 146 valence electrons. The Kier molecular flexibility index (Phi) is 4.72. The smallest absolute Gasteiger partial charge is 0.298 e. The highest BCUT2D eigenvalue weighted by Gasteiger charge is 2.18. The van der Waals surface area contributed by atoms with Gasteiger partial charge in [-0.05, 0) is 36.4 Å². The summed E-state index contributed by atoms with van der Waals surface area (Å²) in [6.07, 6.45) is 0. The fourth-order valence-electron chi connectivity index (χ4n) is 2.21. The maximum atomic E-state index is 11.1. The van der Waals surface area contributed by atoms with Gasteiger partial charge < -0.3 is 10.2 Å². The van der Waals surface area contributed by atoms with Crippen LogP contribution in [0.2, 0.25) is 0 Å². The number of nitrogens with zero attached hydrogens (tertiary/aromatic N) is 4. The molecule has 0 atom stereocenters. The molecule has 2 aromatic carbocycles. The summed E-state index contributed by atoms with van der Waals surface area (Å²) in [6.45, 7) is 0. The lowest BCUT2D eigenvalue weighted by molar-refractivity contribution is 0.441. The van der Waals surface area contributed by atoms with Crippen molar-refractivity contribution in [3.05, 3.63) is 36.4 Å². The fraction of sp³-hybridized carbons (Fsp3) is 0. The molecule has 0 unspecified atom stereocenters. The summed E-state index contributed by atoms with van der Waals surface area (Å²) in [5.74, 6) is -1.61. The minimum atomic E-state index is -4.60. The second-order valence-corrected chi connectivity index (χ2v) is 8.14. The van der Waals surface area contributed by atoms with Gasteiger partial charge in [0.2, 0.25) is 11.6 Å². The van der Waals surface area contributed by atoms with E-state index in [4.69, 9.17) is 9.11 Å². The van der Waals surface area contributed by atoms with Crippen molar-refractivity contribution in [2.24, 2.45) is 0 Å². The average Bonchev–Trinajstić information content (AvgIpc) is 2.59. The van der Waals surface area contributed by atoms with Crippen LogP contribution in [0.4, 0.5) is 0 Å². The van der Waals surface area contributed by atoms with Gasteiger partial charge in [0.1, 0.15) is 21.3 Å². The predicted octanol–water partition coefficient (Wildman–Crippen LogP) is 0.505. The van der Waals surface area contributed by atoms with Crippen molar-refractivity contribution in [2.75, 3.05) is 0 Å². The molecule has 1 aromatic heterocycles. The van der Waals surface area contributed by atoms with Crippen LogP contribution < -0.4 is 0 Å². The molecule has 0 aliphatic carbocycles. The number of aromatic nitrogens is 4. The van der Waals surface area contributed by atoms with Gasteiger partial charge in [0.15, 0.2) is 0 Å². The molecule has 3 aromatic rings. The standard InChI is InChI=1S/C14H10N4O8S2/c19-9-5-7(1-3-11(9)27(21,22)23)13-15-17-14(18-16-13)8-2-4-12(10(20)6-8)28(24,25)26/h1-6,19-20H,(H,21,22,23)(H,24,25,26). The number of phenolic OH excluding ortho intramolecular Hbond substituents is 2. The number of phenols is 2. The van der Waals surface area contributed by atoms with Gasteiger partial charge >= 0.3 is 0 Å². The zero-order chi connectivity index (χ0) is 20.7. The molecular formula is C14H10N4O8S2. The van der Waals surface area contributed by atoms with E-state index in [0.29, 0.717) is 0 Å². The van der Waals surface area contributed by atoms with E-state index in [1.165, 1.54) is 12.1 Å². The van der Waals surface area contributed by atoms with E-state index in [-0.39, 0.29) is 22.8 Å². The fourth-order valence-corrected chi connectivity index (χ4v) is 3.34. The quantitative estimate of drug-likeness (QED) is 0.422. The van der Waals surface area contributed by atoms with Crippen molar-refractivity contribution >= 4 is 20.2 Å². The molecule has 1 heterocycles. The zero-order valence-electron chi connectivity index (χ0n) is 13.5. The maximum absolute atomic E-state index is 11.1. The normalized spacial score (nSPS) is 12.1. The van der Waals surface area contributed by atoms with Gasteiger partial charge in [0, 0.05) is 11.1 Å². The summed E-state index contributed by atoms with van der Waals surface area (Å²) in [6, 6.07) is 6.32. The van der Waals surface area contributed by atoms with E-state index in [9.17, 15) is 27.0 Å². The van der Waals surface area contributed by atoms with Crippen LogP contribution in [-0.4, -0.2) is 56.5 Å². The Labute approximate surface area is 157 Å². The second-order valence-electron chi connectivity index (χ2n) is 5.36. The van der Waals surface area contributed by atoms with E-state index in [2.05, 4.69) is 20.4 Å². The van der Waals surface area contributed by atoms with Gasteiger partial charge in [-0.3, -0.25) is 9.11 Å². The number of benzene rings is 2. The van der Waals surface area contributed by atoms with Crippen molar-refractivity contribution in [1.29, 1.82) is 0 Å². The summed E-state index contributed by atoms with van der Waals surface area (Å²) in [7, 11) is -9.20. The first-order chi connectivity index (χ1) is 13.0. The molecular weight excluding hydrogens is 416 g/mol. The van der Waals surface area contributed by atoms with Crippen LogP contribution >= 0.6 is 0 Å². The lowest BCUT2D eigenvalue weighted by Crippen LogP contribution is -2.02. The lowest BCUT2D eigenvalue weighted by Gasteiger charge is -2.05. The average molecular weight is 426 g/mol. The van der Waals surface area contributed by atoms with Gasteiger partial charge in [-0.15, -0.1) is 20.4 Å². The van der Waals surface area contributed by atoms with Crippen LogP contribution in [0.1, 0.15) is 0 Å². The number of aromatic hydroxyl groups is 2. The number of hydrogen-bond acceptors (Lipinski definition) is 10. The molecule has 0 bridgehead atoms. The molecule has 0 radical (unpaired) electrons. The Morgan fingerprint density at radius 1 is 0.607 bits per heavy atom. The first kappa shape index (κ1) is 19.6. The molecule has 12 nitrogen and oxygen atoms in total. The third-order valence-electron chi connectivity index (χ3n) is 3.47. The van der Waals surface area contributed by atoms with Gasteiger partial charge in [-0.25, -0.2) is 0 Å². The Morgan fingerprint density at radius 3 is 1.18 bits per heavy atom. The summed E-state index contributed by atoms with van der Waals surface area (Å²) in [4.78, 5) is -1.38. The van der Waals surface area contributed by atoms with Crippen LogP contribution in [-0.2, 0) is 20.2 Å². The topological polar surface area (TPSA) is 201 Å². The van der Waals surface area contributed by atoms with Gasteiger partial charge in [0.25, 0.3) is 20.2 Å². The summed E-state index contributed by atoms with van der Waals surface area (Å²) in [5.41, 5.74) is 0.307. The molecule has 0 amide bonds. The monoisotopic (exact) mass is 426 g/mol. The van der Waals surface area contributed by atoms with Crippen LogP contribution in [0.3, 0.4) is 0 Å². The van der Waals surface area contributed by atoms with Crippen molar-refractivity contribution < 1.29 is 36.2 Å². The molecule has 4 N–H and O–H groups in total. The molecule has 14 heteroatoms. The second kappa shape index (κ2) is 6.75. The highest BCUT2D eigenvalue weighted by molar-refractivity contribution is 7.86. The zero-order valence-corrected chi connectivity index (χ0v) is 15.1. The molecule has 0 saturated carbocycles. The molecule has 3 rings (SSSR count). The highest BCUT2D eigenvalue weighted by atomic mass is 32.2. The van der Waals surface area contributed by atoms with E-state index in [1.54, 1.807) is 0 Å². The van der Waals surface area contributed by atoms with Gasteiger partial charge in [0.05, 0.1) is 0 Å². The third kappa shape index (κ3) is 3.89. The molecule has 0 aliphatic rings. The van der Waals surface area contributed by atoms with Crippen molar-refractivity contribution in [3.8, 4) is 34.3 Å². The number of hydrogen-bond donors (Lipinski definition) is 4. The van der Waals surface area contributed by atoms with Crippen molar-refractivity contribution in [3.63, 3.8) is 0 Å². The molecule has 0 spiro atoms. The van der Waals surface area contributed by atoms with Crippen molar-refractivity contribution in [2.45, 2.75) is 9.79 Å². The Hall–Kier alpha value is -3.20. The molecule has 0 aliphatic heterocycles. The highest BCUT2D eigenvalue weighted by Crippen LogP contribution is 2.29. The van der Waals surface area contributed by atoms with E-state index >= 15 is 0 Å². The van der Waals surface area contributed by atoms with Crippen LogP contribution in [0, 0.1) is 0 Å². The molecule has 28 heavy (non-hydrogen) atoms. The molecule has 0 saturated heterocycles. The first-order valence-corrected chi connectivity index (χ1v) is 10.0. The first-order valence-electron chi connectivity index (χ1n) is 7.16. The van der Waals surface area contributed by atoms with Gasteiger partial charge in [-0.2, -0.15) is 16.8 Å². The van der Waals surface area contributed by atoms with Gasteiger partial charge in [-0.1, -0.05) is 0 Å². The Morgan fingerprint density at radius 2 is 0.929 bits per heavy atom. The van der Waals surface area contributed by atoms with Crippen LogP contribution in [0.25, 0.3) is 22.8 Å². The minimum absolute atomic E-state index is 0.0836. The summed E-state index contributed by atoms with van der Waals surface area (Å²) in [5, 5.41) is 34.5. The Bertz CT molecular complexity index is 1170. The van der Waals surface area contributed by atoms with Crippen LogP contribution in [0.5, 0.6) is 11.5 Å².